The Bertz CT molecular complexity index is 521. The molecule has 1 aromatic heterocycles. The SMILES string of the molecule is CC(C)c1ccc2nc(N3CCCC3)[nH]c2c1. The molecule has 1 N–H and O–H groups in total. The highest BCUT2D eigenvalue weighted by Gasteiger charge is 2.15. The highest BCUT2D eigenvalue weighted by atomic mass is 15.3. The van der Waals surface area contributed by atoms with Gasteiger partial charge in [-0.3, -0.25) is 0 Å². The molecule has 2 aromatic rings. The monoisotopic (exact) mass is 229 g/mol. The fourth-order valence-electron chi connectivity index (χ4n) is 2.45. The summed E-state index contributed by atoms with van der Waals surface area (Å²) < 4.78 is 0. The Morgan fingerprint density at radius 2 is 2.00 bits per heavy atom. The van der Waals surface area contributed by atoms with Gasteiger partial charge in [-0.15, -0.1) is 0 Å². The topological polar surface area (TPSA) is 31.9 Å². The molecule has 0 atom stereocenters. The maximum Gasteiger partial charge on any atom is 0.203 e. The quantitative estimate of drug-likeness (QED) is 0.857. The maximum atomic E-state index is 4.67. The molecule has 1 aromatic carbocycles. The number of rotatable bonds is 2. The molecule has 0 amide bonds. The number of anilines is 1. The number of benzene rings is 1. The number of aromatic amines is 1. The summed E-state index contributed by atoms with van der Waals surface area (Å²) in [5, 5.41) is 0. The van der Waals surface area contributed by atoms with Crippen LogP contribution in [0.15, 0.2) is 18.2 Å². The summed E-state index contributed by atoms with van der Waals surface area (Å²) in [4.78, 5) is 10.5. The second-order valence-electron chi connectivity index (χ2n) is 5.19. The molecule has 3 nitrogen and oxygen atoms in total. The van der Waals surface area contributed by atoms with Gasteiger partial charge in [0.15, 0.2) is 0 Å². The second kappa shape index (κ2) is 4.06. The van der Waals surface area contributed by atoms with Crippen molar-refractivity contribution in [2.24, 2.45) is 0 Å². The Morgan fingerprint density at radius 1 is 1.24 bits per heavy atom. The molecule has 1 fully saturated rings. The summed E-state index contributed by atoms with van der Waals surface area (Å²) in [6.45, 7) is 6.71. The van der Waals surface area contributed by atoms with E-state index in [1.54, 1.807) is 0 Å². The third-order valence-electron chi connectivity index (χ3n) is 3.57. The first-order valence-corrected chi connectivity index (χ1v) is 6.48. The first kappa shape index (κ1) is 10.6. The average Bonchev–Trinajstić information content (AvgIpc) is 2.96. The molecule has 2 heterocycles. The van der Waals surface area contributed by atoms with E-state index in [1.165, 1.54) is 18.4 Å². The molecule has 17 heavy (non-hydrogen) atoms. The second-order valence-corrected chi connectivity index (χ2v) is 5.19. The molecule has 3 rings (SSSR count). The van der Waals surface area contributed by atoms with E-state index in [0.29, 0.717) is 5.92 Å². The Morgan fingerprint density at radius 3 is 2.71 bits per heavy atom. The van der Waals surface area contributed by atoms with Crippen molar-refractivity contribution in [1.82, 2.24) is 9.97 Å². The molecule has 0 saturated carbocycles. The zero-order chi connectivity index (χ0) is 11.8. The Labute approximate surface area is 102 Å². The van der Waals surface area contributed by atoms with Gasteiger partial charge in [-0.2, -0.15) is 0 Å². The van der Waals surface area contributed by atoms with E-state index >= 15 is 0 Å². The lowest BCUT2D eigenvalue weighted by Gasteiger charge is -2.12. The van der Waals surface area contributed by atoms with E-state index < -0.39 is 0 Å². The van der Waals surface area contributed by atoms with Gasteiger partial charge in [-0.1, -0.05) is 19.9 Å². The molecular weight excluding hydrogens is 210 g/mol. The predicted molar refractivity (Wildman–Crippen MR) is 71.6 cm³/mol. The smallest absolute Gasteiger partial charge is 0.203 e. The number of nitrogens with one attached hydrogen (secondary N) is 1. The van der Waals surface area contributed by atoms with Crippen LogP contribution in [0.5, 0.6) is 0 Å². The van der Waals surface area contributed by atoms with Crippen LogP contribution in [-0.2, 0) is 0 Å². The van der Waals surface area contributed by atoms with E-state index in [2.05, 4.69) is 46.9 Å². The van der Waals surface area contributed by atoms with Crippen molar-refractivity contribution in [3.63, 3.8) is 0 Å². The van der Waals surface area contributed by atoms with Gasteiger partial charge in [-0.05, 0) is 36.5 Å². The minimum absolute atomic E-state index is 0.568. The summed E-state index contributed by atoms with van der Waals surface area (Å²) in [6.07, 6.45) is 2.57. The number of imidazole rings is 1. The number of hydrogen-bond donors (Lipinski definition) is 1. The third kappa shape index (κ3) is 1.90. The maximum absolute atomic E-state index is 4.67. The van der Waals surface area contributed by atoms with E-state index in [4.69, 9.17) is 0 Å². The molecule has 0 spiro atoms. The van der Waals surface area contributed by atoms with Crippen molar-refractivity contribution >= 4 is 17.0 Å². The minimum atomic E-state index is 0.568. The molecule has 90 valence electrons. The van der Waals surface area contributed by atoms with Gasteiger partial charge < -0.3 is 9.88 Å². The summed E-state index contributed by atoms with van der Waals surface area (Å²) in [5.74, 6) is 1.61. The molecule has 0 radical (unpaired) electrons. The largest absolute Gasteiger partial charge is 0.342 e. The zero-order valence-electron chi connectivity index (χ0n) is 10.5. The van der Waals surface area contributed by atoms with E-state index in [-0.39, 0.29) is 0 Å². The Kier molecular flexibility index (Phi) is 2.54. The van der Waals surface area contributed by atoms with E-state index in [1.807, 2.05) is 0 Å². The lowest BCUT2D eigenvalue weighted by Crippen LogP contribution is -2.18. The van der Waals surface area contributed by atoms with Gasteiger partial charge in [0.2, 0.25) is 5.95 Å². The van der Waals surface area contributed by atoms with Crippen molar-refractivity contribution in [2.75, 3.05) is 18.0 Å². The minimum Gasteiger partial charge on any atom is -0.342 e. The van der Waals surface area contributed by atoms with Crippen LogP contribution in [0.1, 0.15) is 38.2 Å². The molecule has 0 aliphatic carbocycles. The first-order valence-electron chi connectivity index (χ1n) is 6.48. The van der Waals surface area contributed by atoms with Crippen molar-refractivity contribution in [3.8, 4) is 0 Å². The predicted octanol–water partition coefficient (Wildman–Crippen LogP) is 3.29. The van der Waals surface area contributed by atoms with E-state index in [9.17, 15) is 0 Å². The van der Waals surface area contributed by atoms with E-state index in [0.717, 1.165) is 30.1 Å². The van der Waals surface area contributed by atoms with Crippen LogP contribution < -0.4 is 4.90 Å². The van der Waals surface area contributed by atoms with Crippen molar-refractivity contribution in [2.45, 2.75) is 32.6 Å². The van der Waals surface area contributed by atoms with Crippen LogP contribution in [0.2, 0.25) is 0 Å². The molecular formula is C14H19N3. The Balaban J connectivity index is 2.00. The highest BCUT2D eigenvalue weighted by Crippen LogP contribution is 2.24. The molecule has 3 heteroatoms. The number of fused-ring (bicyclic) bond motifs is 1. The third-order valence-corrected chi connectivity index (χ3v) is 3.57. The molecule has 1 aliphatic heterocycles. The standard InChI is InChI=1S/C14H19N3/c1-10(2)11-5-6-12-13(9-11)16-14(15-12)17-7-3-4-8-17/h5-6,9-10H,3-4,7-8H2,1-2H3,(H,15,16). The number of H-pyrrole nitrogens is 1. The number of aromatic nitrogens is 2. The van der Waals surface area contributed by atoms with Crippen LogP contribution in [0.4, 0.5) is 5.95 Å². The molecule has 1 aliphatic rings. The normalized spacial score (nSPS) is 16.3. The fourth-order valence-corrected chi connectivity index (χ4v) is 2.45. The van der Waals surface area contributed by atoms with Crippen LogP contribution in [0, 0.1) is 0 Å². The van der Waals surface area contributed by atoms with Crippen molar-refractivity contribution in [1.29, 1.82) is 0 Å². The number of nitrogens with zero attached hydrogens (tertiary/aromatic N) is 2. The van der Waals surface area contributed by atoms with Gasteiger partial charge in [-0.25, -0.2) is 4.98 Å². The van der Waals surface area contributed by atoms with Crippen LogP contribution in [-0.4, -0.2) is 23.1 Å². The summed E-state index contributed by atoms with van der Waals surface area (Å²) in [5.41, 5.74) is 3.61. The summed E-state index contributed by atoms with van der Waals surface area (Å²) >= 11 is 0. The van der Waals surface area contributed by atoms with Crippen LogP contribution in [0.25, 0.3) is 11.0 Å². The number of hydrogen-bond acceptors (Lipinski definition) is 2. The summed E-state index contributed by atoms with van der Waals surface area (Å²) in [6, 6.07) is 6.54. The van der Waals surface area contributed by atoms with Gasteiger partial charge in [0, 0.05) is 13.1 Å². The van der Waals surface area contributed by atoms with Gasteiger partial charge in [0.05, 0.1) is 11.0 Å². The van der Waals surface area contributed by atoms with Crippen LogP contribution >= 0.6 is 0 Å². The molecule has 1 saturated heterocycles. The fraction of sp³-hybridized carbons (Fsp3) is 0.500. The zero-order valence-corrected chi connectivity index (χ0v) is 10.5. The molecule has 0 bridgehead atoms. The van der Waals surface area contributed by atoms with Gasteiger partial charge in [0.25, 0.3) is 0 Å². The summed E-state index contributed by atoms with van der Waals surface area (Å²) in [7, 11) is 0. The first-order chi connectivity index (χ1) is 8.24. The van der Waals surface area contributed by atoms with Crippen LogP contribution in [0.3, 0.4) is 0 Å². The molecule has 0 unspecified atom stereocenters. The highest BCUT2D eigenvalue weighted by molar-refractivity contribution is 5.78. The van der Waals surface area contributed by atoms with Gasteiger partial charge in [0.1, 0.15) is 0 Å². The average molecular weight is 229 g/mol. The van der Waals surface area contributed by atoms with Crippen molar-refractivity contribution in [3.05, 3.63) is 23.8 Å². The lowest BCUT2D eigenvalue weighted by molar-refractivity contribution is 0.868. The lowest BCUT2D eigenvalue weighted by atomic mass is 10.0. The van der Waals surface area contributed by atoms with Gasteiger partial charge >= 0.3 is 0 Å². The van der Waals surface area contributed by atoms with Crippen molar-refractivity contribution < 1.29 is 0 Å². The Hall–Kier alpha value is -1.51.